The molecular formula is C13H18ClNO2S. The Kier molecular flexibility index (Phi) is 5.03. The first-order chi connectivity index (χ1) is 8.65. The lowest BCUT2D eigenvalue weighted by molar-refractivity contribution is 0.220. The van der Waals surface area contributed by atoms with Crippen molar-refractivity contribution < 1.29 is 8.95 Å². The van der Waals surface area contributed by atoms with Crippen LogP contribution < -0.4 is 4.74 Å². The molecule has 1 fully saturated rings. The zero-order valence-corrected chi connectivity index (χ0v) is 12.1. The number of hydrogen-bond donors (Lipinski definition) is 0. The smallest absolute Gasteiger partial charge is 0.123 e. The van der Waals surface area contributed by atoms with Crippen LogP contribution in [0.1, 0.15) is 5.56 Å². The maximum Gasteiger partial charge on any atom is 0.123 e. The van der Waals surface area contributed by atoms with E-state index in [-0.39, 0.29) is 0 Å². The number of hydrogen-bond acceptors (Lipinski definition) is 3. The highest BCUT2D eigenvalue weighted by atomic mass is 35.5. The van der Waals surface area contributed by atoms with Gasteiger partial charge in [0.25, 0.3) is 0 Å². The Morgan fingerprint density at radius 1 is 1.39 bits per heavy atom. The Labute approximate surface area is 116 Å². The Morgan fingerprint density at radius 2 is 2.11 bits per heavy atom. The van der Waals surface area contributed by atoms with Crippen LogP contribution in [0.25, 0.3) is 0 Å². The molecule has 1 aliphatic rings. The van der Waals surface area contributed by atoms with Crippen LogP contribution >= 0.6 is 11.6 Å². The molecule has 0 radical (unpaired) electrons. The van der Waals surface area contributed by atoms with E-state index in [1.165, 1.54) is 0 Å². The maximum atomic E-state index is 11.2. The van der Waals surface area contributed by atoms with Gasteiger partial charge in [-0.25, -0.2) is 0 Å². The number of ether oxygens (including phenoxy) is 1. The fourth-order valence-corrected chi connectivity index (χ4v) is 3.20. The van der Waals surface area contributed by atoms with E-state index >= 15 is 0 Å². The van der Waals surface area contributed by atoms with Crippen LogP contribution in [0.4, 0.5) is 0 Å². The molecule has 0 bridgehead atoms. The van der Waals surface area contributed by atoms with Gasteiger partial charge in [0.05, 0.1) is 0 Å². The third-order valence-electron chi connectivity index (χ3n) is 3.09. The molecule has 0 spiro atoms. The number of rotatable bonds is 4. The second-order valence-electron chi connectivity index (χ2n) is 4.45. The van der Waals surface area contributed by atoms with E-state index < -0.39 is 10.8 Å². The lowest BCUT2D eigenvalue weighted by Gasteiger charge is -2.25. The highest BCUT2D eigenvalue weighted by molar-refractivity contribution is 7.85. The number of nitrogens with zero attached hydrogens (tertiary/aromatic N) is 1. The molecule has 3 nitrogen and oxygen atoms in total. The molecule has 0 saturated carbocycles. The molecule has 0 aromatic heterocycles. The molecule has 0 aliphatic carbocycles. The normalized spacial score (nSPS) is 17.9. The Balaban J connectivity index is 1.78. The SMILES string of the molecule is Cc1ccc(Cl)cc1OCCN1CCS(=O)CC1. The van der Waals surface area contributed by atoms with Gasteiger partial charge in [0, 0.05) is 47.0 Å². The summed E-state index contributed by atoms with van der Waals surface area (Å²) in [7, 11) is -0.609. The molecular weight excluding hydrogens is 270 g/mol. The van der Waals surface area contributed by atoms with Crippen molar-refractivity contribution in [3.63, 3.8) is 0 Å². The summed E-state index contributed by atoms with van der Waals surface area (Å²) in [5.41, 5.74) is 1.10. The van der Waals surface area contributed by atoms with E-state index in [1.807, 2.05) is 25.1 Å². The molecule has 100 valence electrons. The van der Waals surface area contributed by atoms with Crippen LogP contribution in [0.5, 0.6) is 5.75 Å². The van der Waals surface area contributed by atoms with Crippen LogP contribution in [-0.4, -0.2) is 46.9 Å². The third-order valence-corrected chi connectivity index (χ3v) is 4.60. The topological polar surface area (TPSA) is 29.5 Å². The van der Waals surface area contributed by atoms with Gasteiger partial charge in [0.1, 0.15) is 12.4 Å². The molecule has 0 N–H and O–H groups in total. The first kappa shape index (κ1) is 13.8. The number of aryl methyl sites for hydroxylation is 1. The molecule has 1 aliphatic heterocycles. The van der Waals surface area contributed by atoms with Gasteiger partial charge in [-0.05, 0) is 24.6 Å². The van der Waals surface area contributed by atoms with Crippen LogP contribution in [0.15, 0.2) is 18.2 Å². The molecule has 0 unspecified atom stereocenters. The molecule has 2 rings (SSSR count). The zero-order valence-electron chi connectivity index (χ0n) is 10.5. The summed E-state index contributed by atoms with van der Waals surface area (Å²) in [5, 5.41) is 0.698. The quantitative estimate of drug-likeness (QED) is 0.849. The molecule has 1 aromatic rings. The van der Waals surface area contributed by atoms with Crippen LogP contribution in [-0.2, 0) is 10.8 Å². The van der Waals surface area contributed by atoms with E-state index in [4.69, 9.17) is 16.3 Å². The standard InChI is InChI=1S/C13H18ClNO2S/c1-11-2-3-12(14)10-13(11)17-7-4-15-5-8-18(16)9-6-15/h2-3,10H,4-9H2,1H3. The molecule has 0 amide bonds. The number of halogens is 1. The predicted molar refractivity (Wildman–Crippen MR) is 76.0 cm³/mol. The molecule has 1 heterocycles. The van der Waals surface area contributed by atoms with E-state index in [2.05, 4.69) is 4.90 Å². The summed E-state index contributed by atoms with van der Waals surface area (Å²) in [6.07, 6.45) is 0. The van der Waals surface area contributed by atoms with Gasteiger partial charge in [0.15, 0.2) is 0 Å². The van der Waals surface area contributed by atoms with E-state index in [9.17, 15) is 4.21 Å². The zero-order chi connectivity index (χ0) is 13.0. The summed E-state index contributed by atoms with van der Waals surface area (Å²) < 4.78 is 17.0. The van der Waals surface area contributed by atoms with Crippen molar-refractivity contribution in [2.75, 3.05) is 37.7 Å². The highest BCUT2D eigenvalue weighted by Gasteiger charge is 2.14. The summed E-state index contributed by atoms with van der Waals surface area (Å²) in [6, 6.07) is 5.67. The monoisotopic (exact) mass is 287 g/mol. The van der Waals surface area contributed by atoms with E-state index in [0.29, 0.717) is 11.6 Å². The molecule has 1 saturated heterocycles. The fraction of sp³-hybridized carbons (Fsp3) is 0.538. The van der Waals surface area contributed by atoms with Crippen molar-refractivity contribution in [3.05, 3.63) is 28.8 Å². The maximum absolute atomic E-state index is 11.2. The van der Waals surface area contributed by atoms with Gasteiger partial charge in [-0.1, -0.05) is 17.7 Å². The van der Waals surface area contributed by atoms with E-state index in [0.717, 1.165) is 42.5 Å². The number of benzene rings is 1. The Hall–Kier alpha value is -0.580. The molecule has 18 heavy (non-hydrogen) atoms. The van der Waals surface area contributed by atoms with Gasteiger partial charge < -0.3 is 4.74 Å². The fourth-order valence-electron chi connectivity index (χ4n) is 1.91. The van der Waals surface area contributed by atoms with Gasteiger partial charge in [-0.15, -0.1) is 0 Å². The van der Waals surface area contributed by atoms with Gasteiger partial charge in [-0.3, -0.25) is 9.11 Å². The largest absolute Gasteiger partial charge is 0.492 e. The minimum absolute atomic E-state index is 0.609. The van der Waals surface area contributed by atoms with Crippen molar-refractivity contribution >= 4 is 22.4 Å². The second kappa shape index (κ2) is 6.55. The van der Waals surface area contributed by atoms with E-state index in [1.54, 1.807) is 0 Å². The third kappa shape index (κ3) is 3.97. The van der Waals surface area contributed by atoms with Crippen LogP contribution in [0, 0.1) is 6.92 Å². The summed E-state index contributed by atoms with van der Waals surface area (Å²) >= 11 is 5.94. The van der Waals surface area contributed by atoms with Gasteiger partial charge in [-0.2, -0.15) is 0 Å². The molecule has 0 atom stereocenters. The van der Waals surface area contributed by atoms with Gasteiger partial charge in [0.2, 0.25) is 0 Å². The van der Waals surface area contributed by atoms with Crippen LogP contribution in [0.3, 0.4) is 0 Å². The second-order valence-corrected chi connectivity index (χ2v) is 6.58. The van der Waals surface area contributed by atoms with Crippen LogP contribution in [0.2, 0.25) is 5.02 Å². The lowest BCUT2D eigenvalue weighted by Crippen LogP contribution is -2.39. The summed E-state index contributed by atoms with van der Waals surface area (Å²) in [4.78, 5) is 2.29. The van der Waals surface area contributed by atoms with Crippen molar-refractivity contribution in [3.8, 4) is 5.75 Å². The first-order valence-corrected chi connectivity index (χ1v) is 7.98. The average molecular weight is 288 g/mol. The Bertz CT molecular complexity index is 429. The first-order valence-electron chi connectivity index (χ1n) is 6.11. The molecule has 1 aromatic carbocycles. The van der Waals surface area contributed by atoms with Crippen molar-refractivity contribution in [1.82, 2.24) is 4.90 Å². The minimum Gasteiger partial charge on any atom is -0.492 e. The van der Waals surface area contributed by atoms with Gasteiger partial charge >= 0.3 is 0 Å². The highest BCUT2D eigenvalue weighted by Crippen LogP contribution is 2.22. The lowest BCUT2D eigenvalue weighted by atomic mass is 10.2. The Morgan fingerprint density at radius 3 is 2.83 bits per heavy atom. The minimum atomic E-state index is -0.609. The summed E-state index contributed by atoms with van der Waals surface area (Å²) in [6.45, 7) is 5.35. The predicted octanol–water partition coefficient (Wildman–Crippen LogP) is 2.09. The van der Waals surface area contributed by atoms with Crippen molar-refractivity contribution in [2.24, 2.45) is 0 Å². The van der Waals surface area contributed by atoms with Crippen molar-refractivity contribution in [1.29, 1.82) is 0 Å². The molecule has 5 heteroatoms. The average Bonchev–Trinajstić information content (AvgIpc) is 2.36. The summed E-state index contributed by atoms with van der Waals surface area (Å²) in [5.74, 6) is 2.43. The van der Waals surface area contributed by atoms with Crippen molar-refractivity contribution in [2.45, 2.75) is 6.92 Å².